The summed E-state index contributed by atoms with van der Waals surface area (Å²) in [5, 5.41) is 3.18. The Balaban J connectivity index is 1.64. The van der Waals surface area contributed by atoms with E-state index in [0.717, 1.165) is 24.2 Å². The number of nitrogens with one attached hydrogen (secondary N) is 1. The van der Waals surface area contributed by atoms with Gasteiger partial charge < -0.3 is 15.0 Å². The van der Waals surface area contributed by atoms with Gasteiger partial charge in [0.2, 0.25) is 0 Å². The maximum Gasteiger partial charge on any atom is 0.318 e. The first-order valence-electron chi connectivity index (χ1n) is 7.99. The molecule has 23 heavy (non-hydrogen) atoms. The standard InChI is InChI=1S/C19H20N2O2/c1-23-16-10-6-5-9-15(16)13-21-18(22)20-17(19(21)11-12-19)14-7-3-2-4-8-14/h2-10,17H,11-13H2,1H3,(H,20,22). The largest absolute Gasteiger partial charge is 0.496 e. The molecule has 118 valence electrons. The minimum absolute atomic E-state index is 0.0160. The first kappa shape index (κ1) is 14.1. The van der Waals surface area contributed by atoms with Gasteiger partial charge in [0.15, 0.2) is 0 Å². The van der Waals surface area contributed by atoms with Crippen LogP contribution < -0.4 is 10.1 Å². The quantitative estimate of drug-likeness (QED) is 0.939. The molecule has 1 saturated carbocycles. The Labute approximate surface area is 136 Å². The van der Waals surface area contributed by atoms with Crippen molar-refractivity contribution in [3.05, 3.63) is 65.7 Å². The fourth-order valence-electron chi connectivity index (χ4n) is 3.65. The normalized spacial score (nSPS) is 21.3. The van der Waals surface area contributed by atoms with Gasteiger partial charge in [0.05, 0.1) is 25.2 Å². The van der Waals surface area contributed by atoms with Crippen LogP contribution in [0.1, 0.15) is 30.0 Å². The summed E-state index contributed by atoms with van der Waals surface area (Å²) in [6.07, 6.45) is 2.08. The van der Waals surface area contributed by atoms with Gasteiger partial charge in [-0.2, -0.15) is 0 Å². The average Bonchev–Trinajstić information content (AvgIpc) is 3.34. The van der Waals surface area contributed by atoms with Gasteiger partial charge in [0, 0.05) is 5.56 Å². The molecule has 1 heterocycles. The number of nitrogens with zero attached hydrogens (tertiary/aromatic N) is 1. The molecule has 2 aromatic rings. The monoisotopic (exact) mass is 308 g/mol. The van der Waals surface area contributed by atoms with Crippen LogP contribution in [0.25, 0.3) is 0 Å². The van der Waals surface area contributed by atoms with Gasteiger partial charge >= 0.3 is 6.03 Å². The molecule has 2 amide bonds. The fourth-order valence-corrected chi connectivity index (χ4v) is 3.65. The number of methoxy groups -OCH3 is 1. The maximum atomic E-state index is 12.6. The van der Waals surface area contributed by atoms with Crippen molar-refractivity contribution in [2.45, 2.75) is 31.0 Å². The maximum absolute atomic E-state index is 12.6. The van der Waals surface area contributed by atoms with E-state index in [4.69, 9.17) is 4.74 Å². The van der Waals surface area contributed by atoms with Crippen LogP contribution in [0.4, 0.5) is 4.79 Å². The summed E-state index contributed by atoms with van der Waals surface area (Å²) in [4.78, 5) is 14.6. The fraction of sp³-hybridized carbons (Fsp3) is 0.316. The van der Waals surface area contributed by atoms with Gasteiger partial charge in [0.1, 0.15) is 5.75 Å². The highest BCUT2D eigenvalue weighted by atomic mass is 16.5. The number of benzene rings is 2. The Morgan fingerprint density at radius 3 is 2.52 bits per heavy atom. The van der Waals surface area contributed by atoms with Crippen molar-refractivity contribution in [1.29, 1.82) is 0 Å². The van der Waals surface area contributed by atoms with Crippen LogP contribution in [0.3, 0.4) is 0 Å². The molecule has 1 N–H and O–H groups in total. The minimum Gasteiger partial charge on any atom is -0.496 e. The van der Waals surface area contributed by atoms with Gasteiger partial charge in [-0.05, 0) is 24.5 Å². The van der Waals surface area contributed by atoms with Crippen LogP contribution in [-0.2, 0) is 6.54 Å². The third kappa shape index (κ3) is 2.25. The molecule has 4 heteroatoms. The zero-order chi connectivity index (χ0) is 15.9. The summed E-state index contributed by atoms with van der Waals surface area (Å²) >= 11 is 0. The van der Waals surface area contributed by atoms with Gasteiger partial charge in [0.25, 0.3) is 0 Å². The molecule has 1 aliphatic heterocycles. The van der Waals surface area contributed by atoms with E-state index in [1.54, 1.807) is 7.11 Å². The van der Waals surface area contributed by atoms with E-state index >= 15 is 0 Å². The van der Waals surface area contributed by atoms with E-state index in [1.165, 1.54) is 5.56 Å². The number of hydrogen-bond donors (Lipinski definition) is 1. The highest BCUT2D eigenvalue weighted by molar-refractivity contribution is 5.80. The molecule has 2 aliphatic rings. The average molecular weight is 308 g/mol. The first-order valence-corrected chi connectivity index (χ1v) is 7.99. The van der Waals surface area contributed by atoms with E-state index in [0.29, 0.717) is 6.54 Å². The van der Waals surface area contributed by atoms with Crippen LogP contribution in [0, 0.1) is 0 Å². The molecule has 0 radical (unpaired) electrons. The zero-order valence-electron chi connectivity index (χ0n) is 13.2. The number of para-hydroxylation sites is 1. The lowest BCUT2D eigenvalue weighted by atomic mass is 9.97. The molecular weight excluding hydrogens is 288 g/mol. The number of carbonyl (C=O) groups excluding carboxylic acids is 1. The second-order valence-electron chi connectivity index (χ2n) is 6.29. The summed E-state index contributed by atoms with van der Waals surface area (Å²) < 4.78 is 5.43. The molecule has 4 rings (SSSR count). The summed E-state index contributed by atoms with van der Waals surface area (Å²) in [7, 11) is 1.67. The first-order chi connectivity index (χ1) is 11.2. The van der Waals surface area contributed by atoms with Gasteiger partial charge in [-0.15, -0.1) is 0 Å². The summed E-state index contributed by atoms with van der Waals surface area (Å²) in [5.41, 5.74) is 2.14. The predicted octanol–water partition coefficient (Wildman–Crippen LogP) is 3.49. The lowest BCUT2D eigenvalue weighted by Crippen LogP contribution is -2.36. The van der Waals surface area contributed by atoms with Crippen molar-refractivity contribution in [1.82, 2.24) is 10.2 Å². The van der Waals surface area contributed by atoms with Crippen LogP contribution >= 0.6 is 0 Å². The van der Waals surface area contributed by atoms with Crippen molar-refractivity contribution in [3.8, 4) is 5.75 Å². The molecule has 1 aliphatic carbocycles. The van der Waals surface area contributed by atoms with Crippen molar-refractivity contribution < 1.29 is 9.53 Å². The van der Waals surface area contributed by atoms with Gasteiger partial charge in [-0.1, -0.05) is 48.5 Å². The van der Waals surface area contributed by atoms with Crippen LogP contribution in [-0.4, -0.2) is 23.6 Å². The van der Waals surface area contributed by atoms with Crippen LogP contribution in [0.2, 0.25) is 0 Å². The lowest BCUT2D eigenvalue weighted by Gasteiger charge is -2.27. The number of ether oxygens (including phenoxy) is 1. The SMILES string of the molecule is COc1ccccc1CN1C(=O)NC(c2ccccc2)C12CC2. The molecule has 2 fully saturated rings. The lowest BCUT2D eigenvalue weighted by molar-refractivity contribution is 0.190. The predicted molar refractivity (Wildman–Crippen MR) is 88.2 cm³/mol. The minimum atomic E-state index is -0.0840. The molecule has 1 atom stereocenters. The third-order valence-corrected chi connectivity index (χ3v) is 5.00. The molecule has 1 saturated heterocycles. The van der Waals surface area contributed by atoms with Gasteiger partial charge in [-0.25, -0.2) is 4.79 Å². The highest BCUT2D eigenvalue weighted by Crippen LogP contribution is 2.54. The van der Waals surface area contributed by atoms with Crippen molar-refractivity contribution in [2.75, 3.05) is 7.11 Å². The molecule has 0 aromatic heterocycles. The number of amides is 2. The summed E-state index contributed by atoms with van der Waals surface area (Å²) in [6.45, 7) is 0.583. The number of rotatable bonds is 4. The Kier molecular flexibility index (Phi) is 3.26. The number of hydrogen-bond acceptors (Lipinski definition) is 2. The van der Waals surface area contributed by atoms with Gasteiger partial charge in [-0.3, -0.25) is 0 Å². The summed E-state index contributed by atoms with van der Waals surface area (Å²) in [6, 6.07) is 18.2. The smallest absolute Gasteiger partial charge is 0.318 e. The highest BCUT2D eigenvalue weighted by Gasteiger charge is 2.61. The zero-order valence-corrected chi connectivity index (χ0v) is 13.2. The Hall–Kier alpha value is -2.49. The van der Waals surface area contributed by atoms with Crippen LogP contribution in [0.15, 0.2) is 54.6 Å². The second kappa shape index (κ2) is 5.30. The van der Waals surface area contributed by atoms with Crippen LogP contribution in [0.5, 0.6) is 5.75 Å². The second-order valence-corrected chi connectivity index (χ2v) is 6.29. The van der Waals surface area contributed by atoms with E-state index < -0.39 is 0 Å². The molecule has 0 bridgehead atoms. The van der Waals surface area contributed by atoms with Crippen molar-refractivity contribution in [2.24, 2.45) is 0 Å². The topological polar surface area (TPSA) is 41.6 Å². The third-order valence-electron chi connectivity index (χ3n) is 5.00. The van der Waals surface area contributed by atoms with E-state index in [2.05, 4.69) is 17.4 Å². The van der Waals surface area contributed by atoms with E-state index in [9.17, 15) is 4.79 Å². The Morgan fingerprint density at radius 1 is 1.13 bits per heavy atom. The van der Waals surface area contributed by atoms with E-state index in [-0.39, 0.29) is 17.6 Å². The number of carbonyl (C=O) groups is 1. The molecule has 4 nitrogen and oxygen atoms in total. The van der Waals surface area contributed by atoms with E-state index in [1.807, 2.05) is 47.4 Å². The summed E-state index contributed by atoms with van der Waals surface area (Å²) in [5.74, 6) is 0.833. The number of urea groups is 1. The molecule has 2 aromatic carbocycles. The Bertz CT molecular complexity index is 725. The van der Waals surface area contributed by atoms with Crippen molar-refractivity contribution >= 4 is 6.03 Å². The molecule has 1 spiro atoms. The Morgan fingerprint density at radius 2 is 1.83 bits per heavy atom. The molecule has 1 unspecified atom stereocenters. The molecular formula is C19H20N2O2. The van der Waals surface area contributed by atoms with Crippen molar-refractivity contribution in [3.63, 3.8) is 0 Å².